The third kappa shape index (κ3) is 2.58. The zero-order valence-electron chi connectivity index (χ0n) is 10.7. The third-order valence-corrected chi connectivity index (χ3v) is 3.65. The number of hydrogen-bond donors (Lipinski definition) is 1. The second-order valence-corrected chi connectivity index (χ2v) is 5.26. The summed E-state index contributed by atoms with van der Waals surface area (Å²) in [5, 5.41) is 2.12. The van der Waals surface area contributed by atoms with Crippen molar-refractivity contribution in [2.75, 3.05) is 4.90 Å². The van der Waals surface area contributed by atoms with Gasteiger partial charge in [-0.1, -0.05) is 13.3 Å². The van der Waals surface area contributed by atoms with Crippen LogP contribution in [0.3, 0.4) is 0 Å². The monoisotopic (exact) mass is 342 g/mol. The molecule has 1 atom stereocenters. The molecule has 1 saturated heterocycles. The molecule has 0 spiro atoms. The molecule has 1 heterocycles. The summed E-state index contributed by atoms with van der Waals surface area (Å²) in [7, 11) is 0. The highest BCUT2D eigenvalue weighted by atomic mass is 79.9. The van der Waals surface area contributed by atoms with E-state index in [1.54, 1.807) is 0 Å². The lowest BCUT2D eigenvalue weighted by atomic mass is 9.99. The summed E-state index contributed by atoms with van der Waals surface area (Å²) in [5.74, 6) is -2.73. The molecule has 1 N–H and O–H groups in total. The van der Waals surface area contributed by atoms with Gasteiger partial charge in [-0.2, -0.15) is 0 Å². The van der Waals surface area contributed by atoms with Crippen molar-refractivity contribution in [1.82, 2.24) is 5.32 Å². The molecule has 20 heavy (non-hydrogen) atoms. The van der Waals surface area contributed by atoms with Crippen molar-refractivity contribution in [2.24, 2.45) is 5.92 Å². The first-order valence-electron chi connectivity index (χ1n) is 6.09. The summed E-state index contributed by atoms with van der Waals surface area (Å²) in [6, 6.07) is 3.05. The van der Waals surface area contributed by atoms with Crippen LogP contribution in [0.25, 0.3) is 0 Å². The molecule has 0 bridgehead atoms. The van der Waals surface area contributed by atoms with Crippen molar-refractivity contribution in [3.8, 4) is 0 Å². The van der Waals surface area contributed by atoms with Crippen LogP contribution >= 0.6 is 15.9 Å². The minimum Gasteiger partial charge on any atom is -0.277 e. The van der Waals surface area contributed by atoms with E-state index in [4.69, 9.17) is 0 Å². The maximum absolute atomic E-state index is 13.5. The molecule has 4 amide bonds. The molecule has 1 aromatic carbocycles. The van der Waals surface area contributed by atoms with Crippen LogP contribution < -0.4 is 10.2 Å². The molecule has 5 nitrogen and oxygen atoms in total. The van der Waals surface area contributed by atoms with Crippen LogP contribution in [0.2, 0.25) is 0 Å². The first-order valence-corrected chi connectivity index (χ1v) is 6.88. The van der Waals surface area contributed by atoms with Gasteiger partial charge in [0.2, 0.25) is 11.8 Å². The molecular weight excluding hydrogens is 331 g/mol. The number of imide groups is 2. The van der Waals surface area contributed by atoms with Gasteiger partial charge in [-0.05, 0) is 40.5 Å². The molecular formula is C13H12BrFN2O3. The average molecular weight is 343 g/mol. The predicted molar refractivity (Wildman–Crippen MR) is 73.5 cm³/mol. The summed E-state index contributed by atoms with van der Waals surface area (Å²) in [6.45, 7) is 1.83. The van der Waals surface area contributed by atoms with Gasteiger partial charge in [0, 0.05) is 0 Å². The molecule has 1 unspecified atom stereocenters. The highest BCUT2D eigenvalue weighted by Gasteiger charge is 2.40. The molecule has 1 aliphatic heterocycles. The Balaban J connectivity index is 2.38. The molecule has 0 aliphatic carbocycles. The van der Waals surface area contributed by atoms with E-state index < -0.39 is 29.6 Å². The Labute approximate surface area is 123 Å². The lowest BCUT2D eigenvalue weighted by Gasteiger charge is -2.30. The first-order chi connectivity index (χ1) is 9.45. The van der Waals surface area contributed by atoms with Crippen LogP contribution in [0.5, 0.6) is 0 Å². The topological polar surface area (TPSA) is 66.5 Å². The number of carbonyl (C=O) groups excluding carboxylic acids is 3. The van der Waals surface area contributed by atoms with Gasteiger partial charge in [-0.3, -0.25) is 14.9 Å². The standard InChI is InChI=1S/C13H12BrFN2O3/c1-2-3-8-11(18)16-13(20)17(12(8)19)7-4-5-9(14)10(15)6-7/h4-6,8H,2-3H2,1H3,(H,16,18,20). The summed E-state index contributed by atoms with van der Waals surface area (Å²) in [4.78, 5) is 36.5. The Morgan fingerprint density at radius 1 is 1.35 bits per heavy atom. The van der Waals surface area contributed by atoms with E-state index >= 15 is 0 Å². The van der Waals surface area contributed by atoms with Gasteiger partial charge >= 0.3 is 6.03 Å². The maximum Gasteiger partial charge on any atom is 0.335 e. The number of carbonyl (C=O) groups is 3. The maximum atomic E-state index is 13.5. The number of barbiturate groups is 1. The smallest absolute Gasteiger partial charge is 0.277 e. The third-order valence-electron chi connectivity index (χ3n) is 3.01. The largest absolute Gasteiger partial charge is 0.335 e. The summed E-state index contributed by atoms with van der Waals surface area (Å²) in [6.07, 6.45) is 0.966. The average Bonchev–Trinajstić information content (AvgIpc) is 2.38. The van der Waals surface area contributed by atoms with Gasteiger partial charge in [-0.15, -0.1) is 0 Å². The van der Waals surface area contributed by atoms with E-state index in [-0.39, 0.29) is 10.2 Å². The van der Waals surface area contributed by atoms with Gasteiger partial charge < -0.3 is 0 Å². The number of rotatable bonds is 3. The van der Waals surface area contributed by atoms with Gasteiger partial charge in [0.1, 0.15) is 11.7 Å². The quantitative estimate of drug-likeness (QED) is 0.858. The van der Waals surface area contributed by atoms with E-state index in [2.05, 4.69) is 21.2 Å². The zero-order chi connectivity index (χ0) is 14.9. The summed E-state index contributed by atoms with van der Waals surface area (Å²) in [5.41, 5.74) is 0.0989. The first kappa shape index (κ1) is 14.6. The van der Waals surface area contributed by atoms with Crippen molar-refractivity contribution in [2.45, 2.75) is 19.8 Å². The number of amides is 4. The number of nitrogens with one attached hydrogen (secondary N) is 1. The zero-order valence-corrected chi connectivity index (χ0v) is 12.2. The number of halogens is 2. The Morgan fingerprint density at radius 3 is 2.65 bits per heavy atom. The van der Waals surface area contributed by atoms with Crippen LogP contribution in [0.15, 0.2) is 22.7 Å². The van der Waals surface area contributed by atoms with Gasteiger partial charge in [-0.25, -0.2) is 14.1 Å². The lowest BCUT2D eigenvalue weighted by Crippen LogP contribution is -2.58. The molecule has 106 valence electrons. The Hall–Kier alpha value is -1.76. The molecule has 2 rings (SSSR count). The molecule has 1 aliphatic rings. The number of benzene rings is 1. The fourth-order valence-electron chi connectivity index (χ4n) is 2.03. The van der Waals surface area contributed by atoms with E-state index in [0.717, 1.165) is 11.0 Å². The Morgan fingerprint density at radius 2 is 2.05 bits per heavy atom. The number of urea groups is 1. The summed E-state index contributed by atoms with van der Waals surface area (Å²) < 4.78 is 13.8. The minimum absolute atomic E-state index is 0.0989. The van der Waals surface area contributed by atoms with Gasteiger partial charge in [0.15, 0.2) is 0 Å². The van der Waals surface area contributed by atoms with Crippen LogP contribution in [0, 0.1) is 11.7 Å². The highest BCUT2D eigenvalue weighted by Crippen LogP contribution is 2.26. The molecule has 1 fully saturated rings. The molecule has 7 heteroatoms. The lowest BCUT2D eigenvalue weighted by molar-refractivity contribution is -0.134. The number of anilines is 1. The predicted octanol–water partition coefficient (Wildman–Crippen LogP) is 2.59. The Bertz CT molecular complexity index is 591. The van der Waals surface area contributed by atoms with Crippen molar-refractivity contribution in [1.29, 1.82) is 0 Å². The number of hydrogen-bond acceptors (Lipinski definition) is 3. The van der Waals surface area contributed by atoms with Crippen molar-refractivity contribution in [3.05, 3.63) is 28.5 Å². The molecule has 1 aromatic rings. The molecule has 0 aromatic heterocycles. The number of nitrogens with zero attached hydrogens (tertiary/aromatic N) is 1. The van der Waals surface area contributed by atoms with Crippen LogP contribution in [0.1, 0.15) is 19.8 Å². The van der Waals surface area contributed by atoms with Gasteiger partial charge in [0.25, 0.3) is 0 Å². The second kappa shape index (κ2) is 5.70. The molecule has 0 saturated carbocycles. The van der Waals surface area contributed by atoms with Crippen molar-refractivity contribution < 1.29 is 18.8 Å². The van der Waals surface area contributed by atoms with Crippen molar-refractivity contribution >= 4 is 39.5 Å². The van der Waals surface area contributed by atoms with E-state index in [9.17, 15) is 18.8 Å². The highest BCUT2D eigenvalue weighted by molar-refractivity contribution is 9.10. The second-order valence-electron chi connectivity index (χ2n) is 4.41. The molecule has 0 radical (unpaired) electrons. The van der Waals surface area contributed by atoms with E-state index in [1.807, 2.05) is 6.92 Å². The van der Waals surface area contributed by atoms with E-state index in [0.29, 0.717) is 12.8 Å². The van der Waals surface area contributed by atoms with Crippen LogP contribution in [0.4, 0.5) is 14.9 Å². The Kier molecular flexibility index (Phi) is 4.17. The van der Waals surface area contributed by atoms with Crippen LogP contribution in [-0.4, -0.2) is 17.8 Å². The minimum atomic E-state index is -0.913. The fraction of sp³-hybridized carbons (Fsp3) is 0.308. The van der Waals surface area contributed by atoms with Gasteiger partial charge in [0.05, 0.1) is 10.2 Å². The fourth-order valence-corrected chi connectivity index (χ4v) is 2.27. The van der Waals surface area contributed by atoms with E-state index in [1.165, 1.54) is 12.1 Å². The summed E-state index contributed by atoms with van der Waals surface area (Å²) >= 11 is 3.00. The normalized spacial score (nSPS) is 19.2. The van der Waals surface area contributed by atoms with Crippen LogP contribution in [-0.2, 0) is 9.59 Å². The van der Waals surface area contributed by atoms with Crippen molar-refractivity contribution in [3.63, 3.8) is 0 Å². The SMILES string of the molecule is CCCC1C(=O)NC(=O)N(c2ccc(Br)c(F)c2)C1=O.